The third-order valence-electron chi connectivity index (χ3n) is 5.62. The van der Waals surface area contributed by atoms with E-state index in [4.69, 9.17) is 0 Å². The van der Waals surface area contributed by atoms with Gasteiger partial charge in [0.05, 0.1) is 0 Å². The molecule has 0 unspecified atom stereocenters. The Morgan fingerprint density at radius 3 is 2.21 bits per heavy atom. The van der Waals surface area contributed by atoms with E-state index in [0.29, 0.717) is 25.9 Å². The van der Waals surface area contributed by atoms with Crippen molar-refractivity contribution in [3.8, 4) is 11.1 Å². The Morgan fingerprint density at radius 1 is 0.893 bits per heavy atom. The molecule has 0 N–H and O–H groups in total. The van der Waals surface area contributed by atoms with Crippen LogP contribution in [0.2, 0.25) is 0 Å². The first-order chi connectivity index (χ1) is 13.5. The van der Waals surface area contributed by atoms with Crippen molar-refractivity contribution in [1.29, 1.82) is 0 Å². The molecular weight excluding hydrogens is 352 g/mol. The number of carbonyl (C=O) groups is 2. The summed E-state index contributed by atoms with van der Waals surface area (Å²) >= 11 is 0. The summed E-state index contributed by atoms with van der Waals surface area (Å²) in [7, 11) is 0. The number of piperazine rings is 1. The quantitative estimate of drug-likeness (QED) is 0.766. The van der Waals surface area contributed by atoms with Gasteiger partial charge in [-0.1, -0.05) is 18.2 Å². The van der Waals surface area contributed by atoms with E-state index < -0.39 is 0 Å². The van der Waals surface area contributed by atoms with Crippen molar-refractivity contribution < 1.29 is 9.59 Å². The van der Waals surface area contributed by atoms with Crippen LogP contribution in [0.15, 0.2) is 36.5 Å². The number of hydrogen-bond donors (Lipinski definition) is 0. The van der Waals surface area contributed by atoms with Crippen LogP contribution in [0.1, 0.15) is 29.7 Å². The topological polar surface area (TPSA) is 56.8 Å². The molecule has 0 aliphatic carbocycles. The van der Waals surface area contributed by atoms with Crippen LogP contribution in [-0.2, 0) is 16.1 Å². The predicted molar refractivity (Wildman–Crippen MR) is 107 cm³/mol. The summed E-state index contributed by atoms with van der Waals surface area (Å²) in [6.45, 7) is 8.18. The van der Waals surface area contributed by atoms with E-state index in [9.17, 15) is 9.59 Å². The lowest BCUT2D eigenvalue weighted by molar-refractivity contribution is -0.160. The van der Waals surface area contributed by atoms with Crippen molar-refractivity contribution in [2.75, 3.05) is 26.2 Å². The van der Waals surface area contributed by atoms with Crippen LogP contribution in [0.5, 0.6) is 0 Å². The molecule has 4 rings (SSSR count). The van der Waals surface area contributed by atoms with Gasteiger partial charge in [0.2, 0.25) is 11.8 Å². The highest BCUT2D eigenvalue weighted by atomic mass is 16.2. The maximum Gasteiger partial charge on any atom is 0.244 e. The first-order valence-electron chi connectivity index (χ1n) is 9.87. The molecule has 2 saturated heterocycles. The van der Waals surface area contributed by atoms with E-state index in [2.05, 4.69) is 41.1 Å². The average Bonchev–Trinajstić information content (AvgIpc) is 3.02. The number of aromatic nitrogens is 1. The molecule has 0 atom stereocenters. The predicted octanol–water partition coefficient (Wildman–Crippen LogP) is 2.55. The highest BCUT2D eigenvalue weighted by Crippen LogP contribution is 2.24. The standard InChI is InChI=1S/C22H26N4O2/c1-16-13-18(19-7-8-23-17(2)14-19)3-4-20(16)15-24-9-11-25(12-10-24)26-21(27)5-6-22(26)28/h3-4,7-8,13-14H,5-6,9-12,15H2,1-2H3. The van der Waals surface area contributed by atoms with Crippen LogP contribution in [0.3, 0.4) is 0 Å². The first kappa shape index (κ1) is 18.8. The van der Waals surface area contributed by atoms with Crippen molar-refractivity contribution in [2.45, 2.75) is 33.2 Å². The van der Waals surface area contributed by atoms with E-state index >= 15 is 0 Å². The zero-order valence-electron chi connectivity index (χ0n) is 16.5. The lowest BCUT2D eigenvalue weighted by Gasteiger charge is -2.38. The minimum absolute atomic E-state index is 0.0590. The second kappa shape index (κ2) is 7.81. The fourth-order valence-corrected chi connectivity index (χ4v) is 3.99. The van der Waals surface area contributed by atoms with E-state index in [1.54, 1.807) is 0 Å². The molecule has 0 radical (unpaired) electrons. The van der Waals surface area contributed by atoms with Gasteiger partial charge in [0, 0.05) is 57.5 Å². The minimum Gasteiger partial charge on any atom is -0.296 e. The molecule has 2 amide bonds. The number of hydrazine groups is 1. The SMILES string of the molecule is Cc1cc(-c2ccc(CN3CCN(N4C(=O)CCC4=O)CC3)c(C)c2)ccn1. The van der Waals surface area contributed by atoms with Gasteiger partial charge in [-0.3, -0.25) is 19.5 Å². The molecule has 1 aromatic heterocycles. The van der Waals surface area contributed by atoms with Gasteiger partial charge in [0.25, 0.3) is 0 Å². The van der Waals surface area contributed by atoms with E-state index in [1.165, 1.54) is 27.3 Å². The molecule has 1 aromatic carbocycles. The highest BCUT2D eigenvalue weighted by Gasteiger charge is 2.35. The molecule has 0 spiro atoms. The molecule has 0 saturated carbocycles. The Labute approximate surface area is 165 Å². The van der Waals surface area contributed by atoms with E-state index in [-0.39, 0.29) is 11.8 Å². The largest absolute Gasteiger partial charge is 0.296 e. The van der Waals surface area contributed by atoms with Gasteiger partial charge >= 0.3 is 0 Å². The molecule has 6 nitrogen and oxygen atoms in total. The summed E-state index contributed by atoms with van der Waals surface area (Å²) in [6.07, 6.45) is 2.55. The summed E-state index contributed by atoms with van der Waals surface area (Å²) in [6, 6.07) is 10.8. The monoisotopic (exact) mass is 378 g/mol. The van der Waals surface area contributed by atoms with Crippen LogP contribution in [0, 0.1) is 13.8 Å². The number of hydrogen-bond acceptors (Lipinski definition) is 5. The molecule has 2 aromatic rings. The number of pyridine rings is 1. The molecule has 0 bridgehead atoms. The van der Waals surface area contributed by atoms with E-state index in [1.807, 2.05) is 24.2 Å². The second-order valence-electron chi connectivity index (χ2n) is 7.66. The molecule has 28 heavy (non-hydrogen) atoms. The van der Waals surface area contributed by atoms with Crippen molar-refractivity contribution >= 4 is 11.8 Å². The Bertz CT molecular complexity index is 887. The number of nitrogens with zero attached hydrogens (tertiary/aromatic N) is 4. The highest BCUT2D eigenvalue weighted by molar-refractivity contribution is 6.01. The Hall–Kier alpha value is -2.57. The summed E-state index contributed by atoms with van der Waals surface area (Å²) in [5, 5.41) is 3.28. The van der Waals surface area contributed by atoms with Crippen LogP contribution < -0.4 is 0 Å². The fourth-order valence-electron chi connectivity index (χ4n) is 3.99. The van der Waals surface area contributed by atoms with Gasteiger partial charge in [-0.2, -0.15) is 0 Å². The number of amides is 2. The smallest absolute Gasteiger partial charge is 0.244 e. The summed E-state index contributed by atoms with van der Waals surface area (Å²) in [4.78, 5) is 30.5. The zero-order chi connectivity index (χ0) is 19.7. The molecule has 2 fully saturated rings. The summed E-state index contributed by atoms with van der Waals surface area (Å²) in [5.74, 6) is -0.118. The van der Waals surface area contributed by atoms with Gasteiger partial charge in [-0.15, -0.1) is 0 Å². The third-order valence-corrected chi connectivity index (χ3v) is 5.62. The van der Waals surface area contributed by atoms with Gasteiger partial charge in [0.15, 0.2) is 0 Å². The van der Waals surface area contributed by atoms with Gasteiger partial charge in [-0.05, 0) is 48.2 Å². The number of benzene rings is 1. The zero-order valence-corrected chi connectivity index (χ0v) is 16.5. The number of aryl methyl sites for hydroxylation is 2. The van der Waals surface area contributed by atoms with Crippen LogP contribution in [0.25, 0.3) is 11.1 Å². The fraction of sp³-hybridized carbons (Fsp3) is 0.409. The third kappa shape index (κ3) is 3.84. The minimum atomic E-state index is -0.0590. The maximum absolute atomic E-state index is 11.9. The summed E-state index contributed by atoms with van der Waals surface area (Å²) < 4.78 is 0. The van der Waals surface area contributed by atoms with Crippen LogP contribution in [-0.4, -0.2) is 57.9 Å². The first-order valence-corrected chi connectivity index (χ1v) is 9.87. The lowest BCUT2D eigenvalue weighted by Crippen LogP contribution is -2.55. The second-order valence-corrected chi connectivity index (χ2v) is 7.66. The Morgan fingerprint density at radius 2 is 1.57 bits per heavy atom. The molecule has 6 heteroatoms. The van der Waals surface area contributed by atoms with Crippen LogP contribution >= 0.6 is 0 Å². The van der Waals surface area contributed by atoms with Crippen LogP contribution in [0.4, 0.5) is 0 Å². The molecule has 146 valence electrons. The molecule has 2 aliphatic heterocycles. The van der Waals surface area contributed by atoms with Gasteiger partial charge < -0.3 is 0 Å². The van der Waals surface area contributed by atoms with E-state index in [0.717, 1.165) is 25.3 Å². The molecular formula is C22H26N4O2. The maximum atomic E-state index is 11.9. The summed E-state index contributed by atoms with van der Waals surface area (Å²) in [5.41, 5.74) is 6.01. The number of carbonyl (C=O) groups excluding carboxylic acids is 2. The Balaban J connectivity index is 1.39. The van der Waals surface area contributed by atoms with Crippen molar-refractivity contribution in [2.24, 2.45) is 0 Å². The average molecular weight is 378 g/mol. The van der Waals surface area contributed by atoms with Gasteiger partial charge in [-0.25, -0.2) is 10.0 Å². The van der Waals surface area contributed by atoms with Gasteiger partial charge in [0.1, 0.15) is 0 Å². The van der Waals surface area contributed by atoms with Crippen molar-refractivity contribution in [3.05, 3.63) is 53.3 Å². The Kier molecular flexibility index (Phi) is 5.24. The lowest BCUT2D eigenvalue weighted by atomic mass is 9.99. The van der Waals surface area contributed by atoms with Crippen molar-refractivity contribution in [1.82, 2.24) is 19.9 Å². The van der Waals surface area contributed by atoms with Crippen molar-refractivity contribution in [3.63, 3.8) is 0 Å². The molecule has 2 aliphatic rings. The molecule has 3 heterocycles. The normalized spacial score (nSPS) is 18.9. The number of imide groups is 1. The number of rotatable bonds is 4.